The van der Waals surface area contributed by atoms with E-state index in [0.29, 0.717) is 11.3 Å². The van der Waals surface area contributed by atoms with E-state index >= 15 is 0 Å². The van der Waals surface area contributed by atoms with Gasteiger partial charge in [-0.25, -0.2) is 0 Å². The first kappa shape index (κ1) is 14.3. The predicted octanol–water partition coefficient (Wildman–Crippen LogP) is 3.88. The van der Waals surface area contributed by atoms with E-state index < -0.39 is 0 Å². The number of hydrogen-bond donors (Lipinski definition) is 1. The van der Waals surface area contributed by atoms with Gasteiger partial charge in [0.15, 0.2) is 0 Å². The Hall–Kier alpha value is -0.0800. The van der Waals surface area contributed by atoms with Crippen LogP contribution in [0.15, 0.2) is 0 Å². The summed E-state index contributed by atoms with van der Waals surface area (Å²) in [4.78, 5) is 0. The molecule has 0 aromatic rings. The highest BCUT2D eigenvalue weighted by Crippen LogP contribution is 2.49. The maximum Gasteiger partial charge on any atom is 0.0677 e. The van der Waals surface area contributed by atoms with E-state index in [2.05, 4.69) is 34.6 Å². The summed E-state index contributed by atoms with van der Waals surface area (Å²) in [7, 11) is 0. The van der Waals surface area contributed by atoms with Crippen molar-refractivity contribution in [2.75, 3.05) is 0 Å². The SMILES string of the molecule is CC1(C)CC(C(N)C2(C)CCCCC2)C(C)(C)O1. The normalized spacial score (nSPS) is 35.3. The Morgan fingerprint density at radius 3 is 2.00 bits per heavy atom. The van der Waals surface area contributed by atoms with Gasteiger partial charge in [-0.05, 0) is 52.4 Å². The van der Waals surface area contributed by atoms with Gasteiger partial charge in [-0.15, -0.1) is 0 Å². The van der Waals surface area contributed by atoms with Crippen molar-refractivity contribution >= 4 is 0 Å². The lowest BCUT2D eigenvalue weighted by Crippen LogP contribution is -2.51. The minimum atomic E-state index is -0.0800. The van der Waals surface area contributed by atoms with Gasteiger partial charge in [0, 0.05) is 12.0 Å². The van der Waals surface area contributed by atoms with Crippen molar-refractivity contribution in [1.29, 1.82) is 0 Å². The number of ether oxygens (including phenoxy) is 1. The van der Waals surface area contributed by atoms with Gasteiger partial charge >= 0.3 is 0 Å². The summed E-state index contributed by atoms with van der Waals surface area (Å²) in [6.07, 6.45) is 7.76. The second-order valence-electron chi connectivity index (χ2n) is 8.02. The largest absolute Gasteiger partial charge is 0.369 e. The zero-order valence-corrected chi connectivity index (χ0v) is 12.9. The molecule has 0 radical (unpaired) electrons. The molecule has 0 spiro atoms. The third-order valence-corrected chi connectivity index (χ3v) is 5.38. The molecule has 0 aromatic heterocycles. The van der Waals surface area contributed by atoms with Gasteiger partial charge < -0.3 is 10.5 Å². The molecule has 0 aromatic carbocycles. The van der Waals surface area contributed by atoms with Gasteiger partial charge in [0.1, 0.15) is 0 Å². The van der Waals surface area contributed by atoms with Crippen LogP contribution in [0, 0.1) is 11.3 Å². The van der Waals surface area contributed by atoms with Crippen LogP contribution in [0.4, 0.5) is 0 Å². The molecule has 0 amide bonds. The maximum absolute atomic E-state index is 6.70. The van der Waals surface area contributed by atoms with E-state index in [0.717, 1.165) is 6.42 Å². The fraction of sp³-hybridized carbons (Fsp3) is 1.00. The monoisotopic (exact) mass is 253 g/mol. The van der Waals surface area contributed by atoms with Gasteiger partial charge in [0.2, 0.25) is 0 Å². The highest BCUT2D eigenvalue weighted by Gasteiger charge is 2.52. The smallest absolute Gasteiger partial charge is 0.0677 e. The molecular weight excluding hydrogens is 222 g/mol. The van der Waals surface area contributed by atoms with Crippen LogP contribution in [0.1, 0.15) is 73.1 Å². The van der Waals surface area contributed by atoms with E-state index in [9.17, 15) is 0 Å². The fourth-order valence-electron chi connectivity index (χ4n) is 4.34. The van der Waals surface area contributed by atoms with Crippen LogP contribution in [0.25, 0.3) is 0 Å². The zero-order chi connectivity index (χ0) is 13.6. The van der Waals surface area contributed by atoms with E-state index in [4.69, 9.17) is 10.5 Å². The van der Waals surface area contributed by atoms with Crippen molar-refractivity contribution in [3.63, 3.8) is 0 Å². The molecule has 2 nitrogen and oxygen atoms in total. The summed E-state index contributed by atoms with van der Waals surface area (Å²) in [5.41, 5.74) is 6.93. The summed E-state index contributed by atoms with van der Waals surface area (Å²) in [6.45, 7) is 11.2. The Labute approximate surface area is 113 Å². The third-order valence-electron chi connectivity index (χ3n) is 5.38. The molecule has 2 atom stereocenters. The summed E-state index contributed by atoms with van der Waals surface area (Å²) in [5, 5.41) is 0. The highest BCUT2D eigenvalue weighted by molar-refractivity contribution is 5.03. The van der Waals surface area contributed by atoms with Gasteiger partial charge in [-0.1, -0.05) is 26.2 Å². The van der Waals surface area contributed by atoms with Crippen LogP contribution in [-0.4, -0.2) is 17.2 Å². The Morgan fingerprint density at radius 2 is 1.56 bits per heavy atom. The van der Waals surface area contributed by atoms with E-state index in [1.54, 1.807) is 0 Å². The zero-order valence-electron chi connectivity index (χ0n) is 12.9. The molecule has 18 heavy (non-hydrogen) atoms. The molecule has 2 fully saturated rings. The van der Waals surface area contributed by atoms with E-state index in [1.807, 2.05) is 0 Å². The van der Waals surface area contributed by atoms with Crippen molar-refractivity contribution in [2.24, 2.45) is 17.1 Å². The summed E-state index contributed by atoms with van der Waals surface area (Å²) < 4.78 is 6.23. The number of nitrogens with two attached hydrogens (primary N) is 1. The highest BCUT2D eigenvalue weighted by atomic mass is 16.5. The Kier molecular flexibility index (Phi) is 3.57. The molecule has 1 aliphatic heterocycles. The Morgan fingerprint density at radius 1 is 1.00 bits per heavy atom. The lowest BCUT2D eigenvalue weighted by atomic mass is 9.64. The molecule has 106 valence electrons. The van der Waals surface area contributed by atoms with Crippen molar-refractivity contribution < 1.29 is 4.74 Å². The second kappa shape index (κ2) is 4.49. The molecule has 2 unspecified atom stereocenters. The first-order valence-electron chi connectivity index (χ1n) is 7.62. The lowest BCUT2D eigenvalue weighted by molar-refractivity contribution is -0.0818. The minimum Gasteiger partial charge on any atom is -0.369 e. The van der Waals surface area contributed by atoms with Crippen LogP contribution in [0.3, 0.4) is 0 Å². The summed E-state index contributed by atoms with van der Waals surface area (Å²) >= 11 is 0. The van der Waals surface area contributed by atoms with E-state index in [-0.39, 0.29) is 17.2 Å². The van der Waals surface area contributed by atoms with Crippen molar-refractivity contribution in [1.82, 2.24) is 0 Å². The first-order chi connectivity index (χ1) is 8.16. The molecular formula is C16H31NO. The van der Waals surface area contributed by atoms with Crippen LogP contribution in [-0.2, 0) is 4.74 Å². The molecule has 0 bridgehead atoms. The van der Waals surface area contributed by atoms with Gasteiger partial charge in [0.25, 0.3) is 0 Å². The van der Waals surface area contributed by atoms with Crippen LogP contribution in [0.5, 0.6) is 0 Å². The number of rotatable bonds is 2. The standard InChI is InChI=1S/C16H31NO/c1-14(2)11-12(15(3,4)18-14)13(17)16(5)9-7-6-8-10-16/h12-13H,6-11,17H2,1-5H3. The molecule has 1 saturated heterocycles. The lowest BCUT2D eigenvalue weighted by Gasteiger charge is -2.44. The maximum atomic E-state index is 6.70. The van der Waals surface area contributed by atoms with Crippen molar-refractivity contribution in [2.45, 2.75) is 90.4 Å². The third kappa shape index (κ3) is 2.60. The summed E-state index contributed by atoms with van der Waals surface area (Å²) in [5.74, 6) is 0.482. The second-order valence-corrected chi connectivity index (χ2v) is 8.02. The average molecular weight is 253 g/mol. The van der Waals surface area contributed by atoms with Gasteiger partial charge in [-0.2, -0.15) is 0 Å². The van der Waals surface area contributed by atoms with Crippen LogP contribution < -0.4 is 5.73 Å². The van der Waals surface area contributed by atoms with Crippen LogP contribution >= 0.6 is 0 Å². The molecule has 1 heterocycles. The van der Waals surface area contributed by atoms with Crippen LogP contribution in [0.2, 0.25) is 0 Å². The number of hydrogen-bond acceptors (Lipinski definition) is 2. The van der Waals surface area contributed by atoms with Crippen molar-refractivity contribution in [3.8, 4) is 0 Å². The van der Waals surface area contributed by atoms with E-state index in [1.165, 1.54) is 32.1 Å². The molecule has 2 aliphatic rings. The topological polar surface area (TPSA) is 35.2 Å². The fourth-order valence-corrected chi connectivity index (χ4v) is 4.34. The molecule has 1 aliphatic carbocycles. The molecule has 2 heteroatoms. The Bertz CT molecular complexity index is 302. The molecule has 1 saturated carbocycles. The molecule has 2 N–H and O–H groups in total. The van der Waals surface area contributed by atoms with Gasteiger partial charge in [-0.3, -0.25) is 0 Å². The van der Waals surface area contributed by atoms with Crippen molar-refractivity contribution in [3.05, 3.63) is 0 Å². The first-order valence-corrected chi connectivity index (χ1v) is 7.62. The van der Waals surface area contributed by atoms with Gasteiger partial charge in [0.05, 0.1) is 11.2 Å². The quantitative estimate of drug-likeness (QED) is 0.810. The summed E-state index contributed by atoms with van der Waals surface area (Å²) in [6, 6.07) is 0.273. The minimum absolute atomic E-state index is 0.0171. The molecule has 2 rings (SSSR count). The average Bonchev–Trinajstić information content (AvgIpc) is 2.46. The predicted molar refractivity (Wildman–Crippen MR) is 76.5 cm³/mol. The Balaban J connectivity index is 2.15.